The van der Waals surface area contributed by atoms with Crippen molar-refractivity contribution in [2.24, 2.45) is 0 Å². The van der Waals surface area contributed by atoms with Crippen LogP contribution >= 0.6 is 0 Å². The minimum atomic E-state index is -0.511. The van der Waals surface area contributed by atoms with Crippen LogP contribution in [0.1, 0.15) is 175 Å². The predicted molar refractivity (Wildman–Crippen MR) is 178 cm³/mol. The Morgan fingerprint density at radius 2 is 0.707 bits per heavy atom. The van der Waals surface area contributed by atoms with E-state index in [2.05, 4.69) is 25.7 Å². The van der Waals surface area contributed by atoms with Gasteiger partial charge in [-0.2, -0.15) is 0 Å². The Balaban J connectivity index is 4.18. The van der Waals surface area contributed by atoms with E-state index in [-0.39, 0.29) is 0 Å². The molecule has 0 saturated heterocycles. The van der Waals surface area contributed by atoms with Gasteiger partial charge in [0.25, 0.3) is 0 Å². The van der Waals surface area contributed by atoms with E-state index >= 15 is 0 Å². The topological polar surface area (TPSA) is 62.2 Å². The van der Waals surface area contributed by atoms with Gasteiger partial charge in [-0.05, 0) is 25.8 Å². The van der Waals surface area contributed by atoms with Gasteiger partial charge in [-0.25, -0.2) is 0 Å². The Kier molecular flexibility index (Phi) is 34.1. The molecule has 0 saturated carbocycles. The molecule has 0 bridgehead atoms. The first-order valence-corrected chi connectivity index (χ1v) is 18.4. The molecule has 0 amide bonds. The molecule has 2 N–H and O–H groups in total. The molecule has 0 fully saturated rings. The Morgan fingerprint density at radius 3 is 1.05 bits per heavy atom. The van der Waals surface area contributed by atoms with Crippen molar-refractivity contribution in [2.45, 2.75) is 187 Å². The maximum absolute atomic E-state index is 10.7. The number of unbranched alkanes of at least 4 members (excludes halogenated alkanes) is 21. The summed E-state index contributed by atoms with van der Waals surface area (Å²) in [6.07, 6.45) is 30.0. The maximum Gasteiger partial charge on any atom is 0.0900 e. The second-order valence-electron chi connectivity index (χ2n) is 12.6. The fraction of sp³-hybridized carbons (Fsp3) is 1.00. The van der Waals surface area contributed by atoms with Crippen molar-refractivity contribution in [3.63, 3.8) is 0 Å². The van der Waals surface area contributed by atoms with Crippen molar-refractivity contribution >= 4 is 0 Å². The number of aliphatic hydroxyl groups excluding tert-OH is 2. The Hall–Kier alpha value is -0.200. The van der Waals surface area contributed by atoms with Crippen LogP contribution in [0.4, 0.5) is 0 Å². The molecule has 5 heteroatoms. The summed E-state index contributed by atoms with van der Waals surface area (Å²) in [5.41, 5.74) is 0. The van der Waals surface area contributed by atoms with Crippen molar-refractivity contribution < 1.29 is 19.7 Å². The van der Waals surface area contributed by atoms with Gasteiger partial charge in [0, 0.05) is 26.3 Å². The lowest BCUT2D eigenvalue weighted by molar-refractivity contribution is -0.0113. The quantitative estimate of drug-likeness (QED) is 0.0725. The molecule has 5 nitrogen and oxygen atoms in total. The molecular weight excluding hydrogens is 510 g/mol. The molecule has 0 aromatic carbocycles. The van der Waals surface area contributed by atoms with Crippen LogP contribution in [-0.4, -0.2) is 73.4 Å². The van der Waals surface area contributed by atoms with Gasteiger partial charge in [0.05, 0.1) is 25.4 Å². The molecule has 0 radical (unpaired) electrons. The van der Waals surface area contributed by atoms with Crippen molar-refractivity contribution in [3.8, 4) is 0 Å². The van der Waals surface area contributed by atoms with Crippen molar-refractivity contribution in [1.82, 2.24) is 4.90 Å². The number of hydrogen-bond acceptors (Lipinski definition) is 5. The maximum atomic E-state index is 10.7. The van der Waals surface area contributed by atoms with Crippen LogP contribution < -0.4 is 0 Å². The first-order valence-electron chi connectivity index (χ1n) is 18.4. The Morgan fingerprint density at radius 1 is 0.415 bits per heavy atom. The standard InChI is InChI=1S/C36H75NO4/c1-4-7-10-13-16-17-18-19-20-21-22-25-28-37(31-35(38)33-40-29-26-23-14-11-8-5-2)32-36(39)34-41-30-27-24-15-12-9-6-3/h35-36,38-39H,4-34H2,1-3H3. The highest BCUT2D eigenvalue weighted by atomic mass is 16.5. The van der Waals surface area contributed by atoms with Crippen LogP contribution in [0.25, 0.3) is 0 Å². The minimum absolute atomic E-state index is 0.383. The van der Waals surface area contributed by atoms with Crippen LogP contribution in [0.5, 0.6) is 0 Å². The van der Waals surface area contributed by atoms with Gasteiger partial charge in [0.15, 0.2) is 0 Å². The highest BCUT2D eigenvalue weighted by Crippen LogP contribution is 2.13. The minimum Gasteiger partial charge on any atom is -0.389 e. The average molecular weight is 586 g/mol. The molecule has 0 aliphatic rings. The SMILES string of the molecule is CCCCCCCCCCCCCCN(CC(O)COCCCCCCCC)CC(O)COCCCCCCCC. The van der Waals surface area contributed by atoms with Crippen LogP contribution in [0.3, 0.4) is 0 Å². The number of nitrogens with zero attached hydrogens (tertiary/aromatic N) is 1. The summed E-state index contributed by atoms with van der Waals surface area (Å²) in [5, 5.41) is 21.3. The fourth-order valence-corrected chi connectivity index (χ4v) is 5.54. The molecule has 248 valence electrons. The van der Waals surface area contributed by atoms with Crippen LogP contribution in [0, 0.1) is 0 Å². The summed E-state index contributed by atoms with van der Waals surface area (Å²) in [6.45, 7) is 11.0. The van der Waals surface area contributed by atoms with Gasteiger partial charge < -0.3 is 19.7 Å². The number of hydrogen-bond donors (Lipinski definition) is 2. The van der Waals surface area contributed by atoms with Crippen LogP contribution in [0.2, 0.25) is 0 Å². The molecule has 0 aliphatic heterocycles. The normalized spacial score (nSPS) is 13.3. The van der Waals surface area contributed by atoms with E-state index in [1.165, 1.54) is 135 Å². The van der Waals surface area contributed by atoms with Crippen molar-refractivity contribution in [3.05, 3.63) is 0 Å². The molecular formula is C36H75NO4. The average Bonchev–Trinajstić information content (AvgIpc) is 2.96. The zero-order valence-corrected chi connectivity index (χ0v) is 28.2. The summed E-state index contributed by atoms with van der Waals surface area (Å²) < 4.78 is 11.6. The molecule has 0 aromatic heterocycles. The monoisotopic (exact) mass is 586 g/mol. The first kappa shape index (κ1) is 40.8. The summed E-state index contributed by atoms with van der Waals surface area (Å²) >= 11 is 0. The van der Waals surface area contributed by atoms with Crippen molar-refractivity contribution in [2.75, 3.05) is 46.1 Å². The van der Waals surface area contributed by atoms with E-state index in [0.717, 1.165) is 39.0 Å². The first-order chi connectivity index (χ1) is 20.1. The van der Waals surface area contributed by atoms with E-state index < -0.39 is 12.2 Å². The predicted octanol–water partition coefficient (Wildman–Crippen LogP) is 9.47. The molecule has 0 heterocycles. The molecule has 2 atom stereocenters. The molecule has 2 unspecified atom stereocenters. The molecule has 0 spiro atoms. The van der Waals surface area contributed by atoms with E-state index in [9.17, 15) is 10.2 Å². The van der Waals surface area contributed by atoms with Gasteiger partial charge in [-0.1, -0.05) is 156 Å². The lowest BCUT2D eigenvalue weighted by atomic mass is 10.1. The van der Waals surface area contributed by atoms with Crippen LogP contribution in [0.15, 0.2) is 0 Å². The molecule has 41 heavy (non-hydrogen) atoms. The van der Waals surface area contributed by atoms with E-state index in [4.69, 9.17) is 9.47 Å². The molecule has 0 rings (SSSR count). The third-order valence-corrected chi connectivity index (χ3v) is 8.17. The summed E-state index contributed by atoms with van der Waals surface area (Å²) in [6, 6.07) is 0. The summed E-state index contributed by atoms with van der Waals surface area (Å²) in [7, 11) is 0. The lowest BCUT2D eigenvalue weighted by Crippen LogP contribution is -2.41. The van der Waals surface area contributed by atoms with Crippen LogP contribution in [-0.2, 0) is 9.47 Å². The number of ether oxygens (including phenoxy) is 2. The van der Waals surface area contributed by atoms with E-state index in [1.807, 2.05) is 0 Å². The van der Waals surface area contributed by atoms with Gasteiger partial charge in [-0.15, -0.1) is 0 Å². The van der Waals surface area contributed by atoms with Gasteiger partial charge >= 0.3 is 0 Å². The third-order valence-electron chi connectivity index (χ3n) is 8.17. The van der Waals surface area contributed by atoms with E-state index in [1.54, 1.807) is 0 Å². The highest BCUT2D eigenvalue weighted by Gasteiger charge is 2.16. The molecule has 0 aliphatic carbocycles. The van der Waals surface area contributed by atoms with Gasteiger partial charge in [0.1, 0.15) is 0 Å². The fourth-order valence-electron chi connectivity index (χ4n) is 5.54. The highest BCUT2D eigenvalue weighted by molar-refractivity contribution is 4.69. The Bertz CT molecular complexity index is 450. The smallest absolute Gasteiger partial charge is 0.0900 e. The summed E-state index contributed by atoms with van der Waals surface area (Å²) in [5.74, 6) is 0. The summed E-state index contributed by atoms with van der Waals surface area (Å²) in [4.78, 5) is 2.23. The van der Waals surface area contributed by atoms with Gasteiger partial charge in [0.2, 0.25) is 0 Å². The zero-order chi connectivity index (χ0) is 30.1. The second-order valence-corrected chi connectivity index (χ2v) is 12.6. The Labute approximate surface area is 257 Å². The number of aliphatic hydroxyl groups is 2. The largest absolute Gasteiger partial charge is 0.389 e. The lowest BCUT2D eigenvalue weighted by Gasteiger charge is -2.27. The molecule has 0 aromatic rings. The zero-order valence-electron chi connectivity index (χ0n) is 28.2. The van der Waals surface area contributed by atoms with Crippen molar-refractivity contribution in [1.29, 1.82) is 0 Å². The number of rotatable bonds is 35. The van der Waals surface area contributed by atoms with E-state index in [0.29, 0.717) is 26.3 Å². The second kappa shape index (κ2) is 34.3. The van der Waals surface area contributed by atoms with Gasteiger partial charge in [-0.3, -0.25) is 4.90 Å². The third kappa shape index (κ3) is 32.5.